The van der Waals surface area contributed by atoms with E-state index in [-0.39, 0.29) is 0 Å². The van der Waals surface area contributed by atoms with Crippen molar-refractivity contribution in [3.63, 3.8) is 0 Å². The lowest BCUT2D eigenvalue weighted by molar-refractivity contribution is 0.315. The van der Waals surface area contributed by atoms with E-state index in [0.29, 0.717) is 11.8 Å². The van der Waals surface area contributed by atoms with Gasteiger partial charge < -0.3 is 4.74 Å². The van der Waals surface area contributed by atoms with Crippen molar-refractivity contribution in [2.45, 2.75) is 19.4 Å². The van der Waals surface area contributed by atoms with Gasteiger partial charge in [-0.1, -0.05) is 12.1 Å². The third kappa shape index (κ3) is 3.79. The highest BCUT2D eigenvalue weighted by atomic mass is 16.5. The molecule has 1 saturated heterocycles. The van der Waals surface area contributed by atoms with E-state index < -0.39 is 0 Å². The molecule has 2 aromatic rings. The summed E-state index contributed by atoms with van der Waals surface area (Å²) in [6.07, 6.45) is 6.12. The molecule has 1 aliphatic heterocycles. The van der Waals surface area contributed by atoms with Crippen LogP contribution in [-0.2, 0) is 13.0 Å². The zero-order chi connectivity index (χ0) is 14.5. The summed E-state index contributed by atoms with van der Waals surface area (Å²) < 4.78 is 5.09. The Morgan fingerprint density at radius 2 is 2.19 bits per heavy atom. The first kappa shape index (κ1) is 14.0. The topological polar surface area (TPSA) is 38.2 Å². The van der Waals surface area contributed by atoms with Crippen LogP contribution in [0.1, 0.15) is 17.7 Å². The first-order valence-electron chi connectivity index (χ1n) is 7.44. The van der Waals surface area contributed by atoms with Crippen LogP contribution in [0.5, 0.6) is 5.88 Å². The van der Waals surface area contributed by atoms with Gasteiger partial charge in [0.2, 0.25) is 5.88 Å². The molecule has 0 radical (unpaired) electrons. The number of ether oxygens (including phenoxy) is 1. The molecule has 0 aliphatic carbocycles. The first-order chi connectivity index (χ1) is 10.3. The minimum atomic E-state index is 0.674. The van der Waals surface area contributed by atoms with Gasteiger partial charge in [0.1, 0.15) is 0 Å². The fraction of sp³-hybridized carbons (Fsp3) is 0.412. The van der Waals surface area contributed by atoms with Crippen LogP contribution in [0.2, 0.25) is 0 Å². The van der Waals surface area contributed by atoms with Crippen molar-refractivity contribution in [1.29, 1.82) is 0 Å². The van der Waals surface area contributed by atoms with Gasteiger partial charge in [-0.3, -0.25) is 9.88 Å². The Morgan fingerprint density at radius 3 is 2.90 bits per heavy atom. The molecule has 0 saturated carbocycles. The van der Waals surface area contributed by atoms with Crippen molar-refractivity contribution in [2.75, 3.05) is 20.2 Å². The lowest BCUT2D eigenvalue weighted by Crippen LogP contribution is -2.20. The van der Waals surface area contributed by atoms with Crippen molar-refractivity contribution in [3.8, 4) is 5.88 Å². The largest absolute Gasteiger partial charge is 0.481 e. The number of likely N-dealkylation sites (tertiary alicyclic amines) is 1. The van der Waals surface area contributed by atoms with Gasteiger partial charge in [-0.05, 0) is 43.0 Å². The van der Waals surface area contributed by atoms with E-state index in [1.165, 1.54) is 17.7 Å². The maximum atomic E-state index is 5.09. The van der Waals surface area contributed by atoms with Crippen molar-refractivity contribution < 1.29 is 4.74 Å². The molecule has 21 heavy (non-hydrogen) atoms. The highest BCUT2D eigenvalue weighted by molar-refractivity contribution is 5.17. The summed E-state index contributed by atoms with van der Waals surface area (Å²) in [6.45, 7) is 3.27. The van der Waals surface area contributed by atoms with Crippen LogP contribution in [0.15, 0.2) is 42.7 Å². The molecular formula is C17H21N3O. The second-order valence-corrected chi connectivity index (χ2v) is 5.62. The highest BCUT2D eigenvalue weighted by Crippen LogP contribution is 2.22. The summed E-state index contributed by atoms with van der Waals surface area (Å²) in [4.78, 5) is 11.2. The van der Waals surface area contributed by atoms with Gasteiger partial charge in [-0.25, -0.2) is 4.98 Å². The van der Waals surface area contributed by atoms with E-state index in [9.17, 15) is 0 Å². The van der Waals surface area contributed by atoms with Crippen LogP contribution < -0.4 is 4.74 Å². The quantitative estimate of drug-likeness (QED) is 0.845. The molecule has 110 valence electrons. The van der Waals surface area contributed by atoms with Crippen LogP contribution in [0.3, 0.4) is 0 Å². The van der Waals surface area contributed by atoms with E-state index in [4.69, 9.17) is 4.74 Å². The van der Waals surface area contributed by atoms with Gasteiger partial charge in [0.15, 0.2) is 0 Å². The molecule has 1 aliphatic rings. The summed E-state index contributed by atoms with van der Waals surface area (Å²) in [6, 6.07) is 10.2. The molecule has 2 aromatic heterocycles. The molecule has 0 aromatic carbocycles. The molecule has 0 spiro atoms. The van der Waals surface area contributed by atoms with Crippen molar-refractivity contribution >= 4 is 0 Å². The molecule has 0 bridgehead atoms. The molecule has 4 heteroatoms. The number of aromatic nitrogens is 2. The second-order valence-electron chi connectivity index (χ2n) is 5.62. The Kier molecular flexibility index (Phi) is 4.46. The Morgan fingerprint density at radius 1 is 1.24 bits per heavy atom. The van der Waals surface area contributed by atoms with E-state index in [2.05, 4.69) is 33.1 Å². The number of pyridine rings is 2. The highest BCUT2D eigenvalue weighted by Gasteiger charge is 2.22. The summed E-state index contributed by atoms with van der Waals surface area (Å²) in [5.74, 6) is 1.39. The lowest BCUT2D eigenvalue weighted by Gasteiger charge is -2.16. The predicted molar refractivity (Wildman–Crippen MR) is 82.1 cm³/mol. The average Bonchev–Trinajstić information content (AvgIpc) is 2.96. The number of methoxy groups -OCH3 is 1. The van der Waals surface area contributed by atoms with E-state index in [1.54, 1.807) is 7.11 Å². The molecule has 1 fully saturated rings. The van der Waals surface area contributed by atoms with E-state index >= 15 is 0 Å². The van der Waals surface area contributed by atoms with Crippen LogP contribution in [0.25, 0.3) is 0 Å². The van der Waals surface area contributed by atoms with Crippen molar-refractivity contribution in [1.82, 2.24) is 14.9 Å². The van der Waals surface area contributed by atoms with Crippen molar-refractivity contribution in [3.05, 3.63) is 54.0 Å². The molecule has 0 amide bonds. The Bertz CT molecular complexity index is 556. The third-order valence-electron chi connectivity index (χ3n) is 4.01. The van der Waals surface area contributed by atoms with Crippen LogP contribution in [0.4, 0.5) is 0 Å². The third-order valence-corrected chi connectivity index (χ3v) is 4.01. The molecule has 4 nitrogen and oxygen atoms in total. The normalized spacial score (nSPS) is 18.8. The van der Waals surface area contributed by atoms with Crippen LogP contribution in [-0.4, -0.2) is 35.1 Å². The standard InChI is InChI=1S/C17H21N3O/c1-21-17-6-5-15(11-19-17)13-20-9-7-14(12-20)10-16-4-2-3-8-18-16/h2-6,8,11,14H,7,9-10,12-13H2,1H3. The summed E-state index contributed by atoms with van der Waals surface area (Å²) >= 11 is 0. The number of nitrogens with zero attached hydrogens (tertiary/aromatic N) is 3. The molecule has 1 unspecified atom stereocenters. The van der Waals surface area contributed by atoms with Crippen molar-refractivity contribution in [2.24, 2.45) is 5.92 Å². The molecule has 3 heterocycles. The Hall–Kier alpha value is -1.94. The van der Waals surface area contributed by atoms with E-state index in [1.807, 2.05) is 24.5 Å². The second kappa shape index (κ2) is 6.68. The predicted octanol–water partition coefficient (Wildman–Crippen LogP) is 2.55. The van der Waals surface area contributed by atoms with Gasteiger partial charge in [-0.15, -0.1) is 0 Å². The Labute approximate surface area is 125 Å². The smallest absolute Gasteiger partial charge is 0.212 e. The fourth-order valence-electron chi connectivity index (χ4n) is 2.92. The van der Waals surface area contributed by atoms with Gasteiger partial charge in [-0.2, -0.15) is 0 Å². The molecular weight excluding hydrogens is 262 g/mol. The fourth-order valence-corrected chi connectivity index (χ4v) is 2.92. The zero-order valence-electron chi connectivity index (χ0n) is 12.4. The lowest BCUT2D eigenvalue weighted by atomic mass is 10.0. The first-order valence-corrected chi connectivity index (χ1v) is 7.44. The monoisotopic (exact) mass is 283 g/mol. The van der Waals surface area contributed by atoms with Gasteiger partial charge in [0, 0.05) is 37.2 Å². The average molecular weight is 283 g/mol. The summed E-state index contributed by atoms with van der Waals surface area (Å²) in [7, 11) is 1.64. The molecule has 1 atom stereocenters. The number of hydrogen-bond donors (Lipinski definition) is 0. The van der Waals surface area contributed by atoms with Gasteiger partial charge in [0.25, 0.3) is 0 Å². The molecule has 0 N–H and O–H groups in total. The van der Waals surface area contributed by atoms with Crippen LogP contribution in [0, 0.1) is 5.92 Å². The maximum absolute atomic E-state index is 5.09. The maximum Gasteiger partial charge on any atom is 0.212 e. The van der Waals surface area contributed by atoms with Gasteiger partial charge >= 0.3 is 0 Å². The number of rotatable bonds is 5. The Balaban J connectivity index is 1.52. The summed E-state index contributed by atoms with van der Waals surface area (Å²) in [5, 5.41) is 0. The SMILES string of the molecule is COc1ccc(CN2CCC(Cc3ccccn3)C2)cn1. The zero-order valence-corrected chi connectivity index (χ0v) is 12.4. The van der Waals surface area contributed by atoms with Gasteiger partial charge in [0.05, 0.1) is 7.11 Å². The van der Waals surface area contributed by atoms with E-state index in [0.717, 1.165) is 26.1 Å². The number of hydrogen-bond acceptors (Lipinski definition) is 4. The minimum Gasteiger partial charge on any atom is -0.481 e. The molecule has 3 rings (SSSR count). The van der Waals surface area contributed by atoms with Crippen LogP contribution >= 0.6 is 0 Å². The minimum absolute atomic E-state index is 0.674. The summed E-state index contributed by atoms with van der Waals surface area (Å²) in [5.41, 5.74) is 2.45.